The number of fused-ring (bicyclic) bond motifs is 1. The maximum Gasteiger partial charge on any atom is 0.133 e. The van der Waals surface area contributed by atoms with Crippen LogP contribution in [0.2, 0.25) is 0 Å². The van der Waals surface area contributed by atoms with Gasteiger partial charge in [0.15, 0.2) is 0 Å². The zero-order chi connectivity index (χ0) is 14.1. The van der Waals surface area contributed by atoms with Crippen molar-refractivity contribution in [3.63, 3.8) is 0 Å². The van der Waals surface area contributed by atoms with Crippen LogP contribution in [-0.4, -0.2) is 18.6 Å². The molecule has 1 unspecified atom stereocenters. The minimum absolute atomic E-state index is 0.397. The van der Waals surface area contributed by atoms with E-state index in [0.29, 0.717) is 6.04 Å². The molecule has 3 heterocycles. The second kappa shape index (κ2) is 5.84. The maximum atomic E-state index is 4.67. The molecule has 2 aromatic heterocycles. The van der Waals surface area contributed by atoms with Gasteiger partial charge in [0.2, 0.25) is 0 Å². The molecule has 3 nitrogen and oxygen atoms in total. The third kappa shape index (κ3) is 2.50. The molecule has 0 fully saturated rings. The number of hydrogen-bond donors (Lipinski definition) is 1. The Morgan fingerprint density at radius 2 is 2.40 bits per heavy atom. The van der Waals surface area contributed by atoms with Crippen molar-refractivity contribution < 1.29 is 0 Å². The molecule has 0 saturated carbocycles. The maximum absolute atomic E-state index is 4.67. The Morgan fingerprint density at radius 3 is 3.20 bits per heavy atom. The van der Waals surface area contributed by atoms with Crippen molar-refractivity contribution in [3.05, 3.63) is 44.2 Å². The summed E-state index contributed by atoms with van der Waals surface area (Å²) in [5, 5.41) is 5.44. The molecule has 0 radical (unpaired) electrons. The van der Waals surface area contributed by atoms with Crippen LogP contribution >= 0.6 is 27.3 Å². The van der Waals surface area contributed by atoms with E-state index in [1.807, 2.05) is 24.6 Å². The van der Waals surface area contributed by atoms with E-state index < -0.39 is 0 Å². The summed E-state index contributed by atoms with van der Waals surface area (Å²) >= 11 is 5.39. The van der Waals surface area contributed by atoms with E-state index in [9.17, 15) is 0 Å². The predicted octanol–water partition coefficient (Wildman–Crippen LogP) is 3.75. The highest BCUT2D eigenvalue weighted by atomic mass is 79.9. The van der Waals surface area contributed by atoms with Gasteiger partial charge in [-0.3, -0.25) is 0 Å². The van der Waals surface area contributed by atoms with E-state index in [4.69, 9.17) is 0 Å². The van der Waals surface area contributed by atoms with Gasteiger partial charge in [-0.05, 0) is 59.4 Å². The molecule has 1 aliphatic rings. The SMILES string of the molecule is CNCc1cc(Br)cnc1N1CCc2sccc2C1C. The fourth-order valence-electron chi connectivity index (χ4n) is 2.85. The first-order valence-electron chi connectivity index (χ1n) is 6.82. The van der Waals surface area contributed by atoms with Crippen LogP contribution in [0.4, 0.5) is 5.82 Å². The van der Waals surface area contributed by atoms with Crippen LogP contribution < -0.4 is 10.2 Å². The Hall–Kier alpha value is -0.910. The Balaban J connectivity index is 1.98. The fourth-order valence-corrected chi connectivity index (χ4v) is 4.19. The van der Waals surface area contributed by atoms with Crippen LogP contribution in [0.25, 0.3) is 0 Å². The Kier molecular flexibility index (Phi) is 4.10. The van der Waals surface area contributed by atoms with Gasteiger partial charge in [0.25, 0.3) is 0 Å². The van der Waals surface area contributed by atoms with Gasteiger partial charge in [0.05, 0.1) is 6.04 Å². The molecule has 0 aromatic carbocycles. The molecule has 0 bridgehead atoms. The van der Waals surface area contributed by atoms with Crippen LogP contribution in [0.1, 0.15) is 29.0 Å². The highest BCUT2D eigenvalue weighted by molar-refractivity contribution is 9.10. The number of nitrogens with one attached hydrogen (secondary N) is 1. The minimum atomic E-state index is 0.397. The van der Waals surface area contributed by atoms with Gasteiger partial charge in [-0.15, -0.1) is 11.3 Å². The first-order chi connectivity index (χ1) is 9.70. The molecular formula is C15H18BrN3S. The lowest BCUT2D eigenvalue weighted by atomic mass is 10.0. The third-order valence-electron chi connectivity index (χ3n) is 3.83. The molecule has 1 atom stereocenters. The van der Waals surface area contributed by atoms with Crippen molar-refractivity contribution in [2.75, 3.05) is 18.5 Å². The van der Waals surface area contributed by atoms with Crippen molar-refractivity contribution in [1.29, 1.82) is 0 Å². The zero-order valence-electron chi connectivity index (χ0n) is 11.7. The van der Waals surface area contributed by atoms with E-state index in [2.05, 4.69) is 55.6 Å². The summed E-state index contributed by atoms with van der Waals surface area (Å²) in [6.07, 6.45) is 3.01. The average molecular weight is 352 g/mol. The van der Waals surface area contributed by atoms with Gasteiger partial charge < -0.3 is 10.2 Å². The van der Waals surface area contributed by atoms with Crippen molar-refractivity contribution in [2.24, 2.45) is 0 Å². The van der Waals surface area contributed by atoms with E-state index in [0.717, 1.165) is 29.8 Å². The largest absolute Gasteiger partial charge is 0.349 e. The monoisotopic (exact) mass is 351 g/mol. The van der Waals surface area contributed by atoms with Gasteiger partial charge in [0, 0.05) is 34.2 Å². The molecule has 1 aliphatic heterocycles. The summed E-state index contributed by atoms with van der Waals surface area (Å²) in [5.41, 5.74) is 2.70. The molecule has 5 heteroatoms. The number of thiophene rings is 1. The van der Waals surface area contributed by atoms with Crippen LogP contribution in [0.15, 0.2) is 28.2 Å². The number of hydrogen-bond acceptors (Lipinski definition) is 4. The summed E-state index contributed by atoms with van der Waals surface area (Å²) in [6.45, 7) is 4.15. The lowest BCUT2D eigenvalue weighted by molar-refractivity contribution is 0.619. The first kappa shape index (κ1) is 14.0. The average Bonchev–Trinajstić information content (AvgIpc) is 2.90. The predicted molar refractivity (Wildman–Crippen MR) is 88.5 cm³/mol. The van der Waals surface area contributed by atoms with Crippen molar-refractivity contribution in [2.45, 2.75) is 25.9 Å². The molecule has 0 aliphatic carbocycles. The molecule has 3 rings (SSSR count). The number of halogens is 1. The van der Waals surface area contributed by atoms with E-state index >= 15 is 0 Å². The highest BCUT2D eigenvalue weighted by Crippen LogP contribution is 2.36. The van der Waals surface area contributed by atoms with Gasteiger partial charge in [-0.1, -0.05) is 0 Å². The Morgan fingerprint density at radius 1 is 1.55 bits per heavy atom. The molecule has 0 amide bonds. The number of pyridine rings is 1. The second-order valence-electron chi connectivity index (χ2n) is 5.09. The Bertz CT molecular complexity index is 611. The summed E-state index contributed by atoms with van der Waals surface area (Å²) in [4.78, 5) is 8.62. The van der Waals surface area contributed by atoms with Gasteiger partial charge in [-0.2, -0.15) is 0 Å². The molecular weight excluding hydrogens is 334 g/mol. The van der Waals surface area contributed by atoms with Gasteiger partial charge >= 0.3 is 0 Å². The van der Waals surface area contributed by atoms with E-state index in [-0.39, 0.29) is 0 Å². The summed E-state index contributed by atoms with van der Waals surface area (Å²) < 4.78 is 1.03. The summed E-state index contributed by atoms with van der Waals surface area (Å²) in [5.74, 6) is 1.10. The molecule has 20 heavy (non-hydrogen) atoms. The third-order valence-corrected chi connectivity index (χ3v) is 5.26. The standard InChI is InChI=1S/C15H18BrN3S/c1-10-13-4-6-20-14(13)3-5-19(10)15-11(8-17-2)7-12(16)9-18-15/h4,6-7,9-10,17H,3,5,8H2,1-2H3. The van der Waals surface area contributed by atoms with Crippen molar-refractivity contribution in [3.8, 4) is 0 Å². The van der Waals surface area contributed by atoms with Gasteiger partial charge in [0.1, 0.15) is 5.82 Å². The minimum Gasteiger partial charge on any atom is -0.349 e. The zero-order valence-corrected chi connectivity index (χ0v) is 14.1. The molecule has 2 aromatic rings. The lowest BCUT2D eigenvalue weighted by Crippen LogP contribution is -2.34. The van der Waals surface area contributed by atoms with Crippen LogP contribution in [-0.2, 0) is 13.0 Å². The molecule has 1 N–H and O–H groups in total. The number of rotatable bonds is 3. The van der Waals surface area contributed by atoms with E-state index in [1.165, 1.54) is 16.0 Å². The summed E-state index contributed by atoms with van der Waals surface area (Å²) in [6, 6.07) is 4.82. The normalized spacial score (nSPS) is 18.1. The summed E-state index contributed by atoms with van der Waals surface area (Å²) in [7, 11) is 1.97. The quantitative estimate of drug-likeness (QED) is 0.912. The van der Waals surface area contributed by atoms with Crippen molar-refractivity contribution >= 4 is 33.1 Å². The number of nitrogens with zero attached hydrogens (tertiary/aromatic N) is 2. The van der Waals surface area contributed by atoms with Crippen molar-refractivity contribution in [1.82, 2.24) is 10.3 Å². The number of anilines is 1. The second-order valence-corrected chi connectivity index (χ2v) is 7.00. The fraction of sp³-hybridized carbons (Fsp3) is 0.400. The first-order valence-corrected chi connectivity index (χ1v) is 8.50. The molecule has 0 spiro atoms. The van der Waals surface area contributed by atoms with E-state index in [1.54, 1.807) is 0 Å². The van der Waals surface area contributed by atoms with Crippen LogP contribution in [0, 0.1) is 0 Å². The lowest BCUT2D eigenvalue weighted by Gasteiger charge is -2.35. The van der Waals surface area contributed by atoms with Crippen LogP contribution in [0.3, 0.4) is 0 Å². The smallest absolute Gasteiger partial charge is 0.133 e. The van der Waals surface area contributed by atoms with Gasteiger partial charge in [-0.25, -0.2) is 4.98 Å². The van der Waals surface area contributed by atoms with Crippen LogP contribution in [0.5, 0.6) is 0 Å². The molecule has 0 saturated heterocycles. The topological polar surface area (TPSA) is 28.2 Å². The highest BCUT2D eigenvalue weighted by Gasteiger charge is 2.27. The Labute approximate surface area is 132 Å². The number of aromatic nitrogens is 1. The molecule has 106 valence electrons.